The lowest BCUT2D eigenvalue weighted by molar-refractivity contribution is -0.140. The van der Waals surface area contributed by atoms with Crippen LogP contribution in [0.1, 0.15) is 61.0 Å². The Morgan fingerprint density at radius 1 is 1.07 bits per heavy atom. The molecule has 2 N–H and O–H groups in total. The van der Waals surface area contributed by atoms with E-state index in [1.165, 1.54) is 12.0 Å². The number of fused-ring (bicyclic) bond motifs is 1. The highest BCUT2D eigenvalue weighted by Crippen LogP contribution is 2.26. The Balaban J connectivity index is 1.49. The number of unbranched alkanes of at least 4 members (excludes halogenated alkanes) is 1. The van der Waals surface area contributed by atoms with Gasteiger partial charge in [-0.05, 0) is 67.9 Å². The normalized spacial score (nSPS) is 12.0. The molecule has 230 valence electrons. The summed E-state index contributed by atoms with van der Waals surface area (Å²) in [7, 11) is 3.19. The first-order chi connectivity index (χ1) is 21.2. The third-order valence-electron chi connectivity index (χ3n) is 6.86. The van der Waals surface area contributed by atoms with Gasteiger partial charge in [-0.1, -0.05) is 19.4 Å². The molecule has 44 heavy (non-hydrogen) atoms. The molecule has 2 aromatic heterocycles. The highest BCUT2D eigenvalue weighted by molar-refractivity contribution is 6.07. The second-order valence-corrected chi connectivity index (χ2v) is 9.95. The Bertz CT molecular complexity index is 1630. The topological polar surface area (TPSA) is 151 Å². The van der Waals surface area contributed by atoms with Gasteiger partial charge in [0.1, 0.15) is 17.4 Å². The van der Waals surface area contributed by atoms with E-state index in [9.17, 15) is 14.4 Å². The third kappa shape index (κ3) is 7.77. The maximum Gasteiger partial charge on any atom is 0.435 e. The molecule has 0 fully saturated rings. The summed E-state index contributed by atoms with van der Waals surface area (Å²) in [6.07, 6.45) is 2.12. The van der Waals surface area contributed by atoms with Gasteiger partial charge in [0.25, 0.3) is 5.91 Å². The van der Waals surface area contributed by atoms with Crippen LogP contribution in [0.25, 0.3) is 11.0 Å². The van der Waals surface area contributed by atoms with Crippen molar-refractivity contribution in [3.63, 3.8) is 0 Å². The van der Waals surface area contributed by atoms with Crippen LogP contribution in [0.2, 0.25) is 0 Å². The zero-order valence-electron chi connectivity index (χ0n) is 25.2. The molecule has 0 aliphatic rings. The number of anilines is 1. The molecular weight excluding hydrogens is 564 g/mol. The van der Waals surface area contributed by atoms with Crippen LogP contribution >= 0.6 is 0 Å². The van der Waals surface area contributed by atoms with Crippen LogP contribution in [0.15, 0.2) is 71.9 Å². The maximum atomic E-state index is 13.6. The van der Waals surface area contributed by atoms with Gasteiger partial charge in [0, 0.05) is 30.9 Å². The van der Waals surface area contributed by atoms with E-state index in [2.05, 4.69) is 9.98 Å². The van der Waals surface area contributed by atoms with E-state index >= 15 is 0 Å². The fourth-order valence-electron chi connectivity index (χ4n) is 4.47. The van der Waals surface area contributed by atoms with Gasteiger partial charge >= 0.3 is 12.1 Å². The van der Waals surface area contributed by atoms with Gasteiger partial charge in [-0.15, -0.1) is 0 Å². The maximum absolute atomic E-state index is 13.6. The number of benzene rings is 2. The van der Waals surface area contributed by atoms with Gasteiger partial charge in [-0.25, -0.2) is 14.8 Å². The van der Waals surface area contributed by atoms with Gasteiger partial charge in [0.2, 0.25) is 0 Å². The van der Waals surface area contributed by atoms with E-state index in [0.29, 0.717) is 40.6 Å². The number of aliphatic imine (C=N–C) groups is 1. The number of methoxy groups -OCH3 is 1. The van der Waals surface area contributed by atoms with Gasteiger partial charge in [0.15, 0.2) is 11.9 Å². The summed E-state index contributed by atoms with van der Waals surface area (Å²) < 4.78 is 17.8. The average Bonchev–Trinajstić information content (AvgIpc) is 3.37. The summed E-state index contributed by atoms with van der Waals surface area (Å²) in [4.78, 5) is 51.5. The molecule has 0 radical (unpaired) electrons. The van der Waals surface area contributed by atoms with Crippen molar-refractivity contribution >= 4 is 40.7 Å². The van der Waals surface area contributed by atoms with Crippen LogP contribution in [0, 0.1) is 0 Å². The summed E-state index contributed by atoms with van der Waals surface area (Å²) in [6.45, 7) is 4.29. The number of carbonyl (C=O) groups excluding carboxylic acids is 3. The fraction of sp³-hybridized carbons (Fsp3) is 0.312. The van der Waals surface area contributed by atoms with Gasteiger partial charge < -0.3 is 24.5 Å². The number of amides is 2. The smallest absolute Gasteiger partial charge is 0.435 e. The molecular formula is C32H36N6O6. The molecule has 0 aliphatic carbocycles. The molecule has 0 saturated carbocycles. The fourth-order valence-corrected chi connectivity index (χ4v) is 4.47. The lowest BCUT2D eigenvalue weighted by Gasteiger charge is -2.21. The Hall–Kier alpha value is -5.26. The zero-order valence-corrected chi connectivity index (χ0v) is 25.2. The molecule has 0 saturated heterocycles. The molecule has 1 unspecified atom stereocenters. The minimum Gasteiger partial charge on any atom is -0.483 e. The van der Waals surface area contributed by atoms with E-state index in [4.69, 9.17) is 24.9 Å². The Morgan fingerprint density at radius 2 is 1.82 bits per heavy atom. The Morgan fingerprint density at radius 3 is 2.50 bits per heavy atom. The van der Waals surface area contributed by atoms with E-state index in [-0.39, 0.29) is 24.7 Å². The molecule has 2 amide bonds. The minimum absolute atomic E-state index is 0.0234. The van der Waals surface area contributed by atoms with Crippen molar-refractivity contribution in [3.8, 4) is 5.75 Å². The van der Waals surface area contributed by atoms with Crippen molar-refractivity contribution in [2.24, 2.45) is 17.8 Å². The first kappa shape index (κ1) is 31.7. The Kier molecular flexibility index (Phi) is 10.6. The number of ether oxygens (including phenoxy) is 3. The molecule has 12 heteroatoms. The number of nitrogens with two attached hydrogens (primary N) is 1. The quantitative estimate of drug-likeness (QED) is 0.103. The van der Waals surface area contributed by atoms with Crippen molar-refractivity contribution in [3.05, 3.63) is 83.8 Å². The number of aryl methyl sites for hydroxylation is 1. The van der Waals surface area contributed by atoms with Crippen molar-refractivity contribution in [1.82, 2.24) is 14.5 Å². The van der Waals surface area contributed by atoms with Crippen LogP contribution in [-0.4, -0.2) is 58.6 Å². The summed E-state index contributed by atoms with van der Waals surface area (Å²) >= 11 is 0. The number of aromatic nitrogens is 3. The average molecular weight is 601 g/mol. The lowest BCUT2D eigenvalue weighted by atomic mass is 10.1. The van der Waals surface area contributed by atoms with Crippen molar-refractivity contribution in [2.45, 2.75) is 39.2 Å². The van der Waals surface area contributed by atoms with E-state index in [1.807, 2.05) is 31.5 Å². The number of hydrogen-bond donors (Lipinski definition) is 1. The summed E-state index contributed by atoms with van der Waals surface area (Å²) in [5, 5.41) is 0. The standard InChI is InChI=1S/C32H36N6O6/c1-5-6-19-43-32(41)36-29(33)22-10-13-24(14-11-22)44-21(2)30-35-25-20-23(12-15-26(25)37(30)3)31(40)38(18-16-28(39)42-4)27-9-7-8-17-34-27/h7-15,17,20-21H,5-6,16,18-19H2,1-4H3,(H2,33,36,41). The van der Waals surface area contributed by atoms with Gasteiger partial charge in [-0.2, -0.15) is 4.99 Å². The number of rotatable bonds is 12. The van der Waals surface area contributed by atoms with Crippen LogP contribution in [0.5, 0.6) is 5.75 Å². The first-order valence-corrected chi connectivity index (χ1v) is 14.3. The predicted octanol–water partition coefficient (Wildman–Crippen LogP) is 4.96. The van der Waals surface area contributed by atoms with Gasteiger partial charge in [0.05, 0.1) is 31.2 Å². The van der Waals surface area contributed by atoms with Crippen molar-refractivity contribution in [1.29, 1.82) is 0 Å². The number of esters is 1. The van der Waals surface area contributed by atoms with Crippen LogP contribution in [0.3, 0.4) is 0 Å². The lowest BCUT2D eigenvalue weighted by Crippen LogP contribution is -2.33. The van der Waals surface area contributed by atoms with Gasteiger partial charge in [-0.3, -0.25) is 14.5 Å². The molecule has 4 rings (SSSR count). The number of nitrogens with zero attached hydrogens (tertiary/aromatic N) is 5. The molecule has 0 aliphatic heterocycles. The number of hydrogen-bond acceptors (Lipinski definition) is 8. The summed E-state index contributed by atoms with van der Waals surface area (Å²) in [5.41, 5.74) is 8.36. The summed E-state index contributed by atoms with van der Waals surface area (Å²) in [5.74, 6) is 0.959. The molecule has 0 bridgehead atoms. The number of imidazole rings is 1. The van der Waals surface area contributed by atoms with E-state index < -0.39 is 18.2 Å². The molecule has 2 aromatic carbocycles. The Labute approximate surface area is 255 Å². The zero-order chi connectivity index (χ0) is 31.6. The van der Waals surface area contributed by atoms with Crippen LogP contribution in [-0.2, 0) is 21.3 Å². The van der Waals surface area contributed by atoms with Crippen molar-refractivity contribution in [2.75, 3.05) is 25.2 Å². The van der Waals surface area contributed by atoms with E-state index in [1.54, 1.807) is 60.8 Å². The molecule has 0 spiro atoms. The van der Waals surface area contributed by atoms with Crippen LogP contribution in [0.4, 0.5) is 10.6 Å². The minimum atomic E-state index is -0.720. The number of carbonyl (C=O) groups is 3. The third-order valence-corrected chi connectivity index (χ3v) is 6.86. The summed E-state index contributed by atoms with van der Waals surface area (Å²) in [6, 6.07) is 17.4. The molecule has 2 heterocycles. The largest absolute Gasteiger partial charge is 0.483 e. The predicted molar refractivity (Wildman–Crippen MR) is 166 cm³/mol. The van der Waals surface area contributed by atoms with E-state index in [0.717, 1.165) is 18.4 Å². The number of pyridine rings is 1. The molecule has 4 aromatic rings. The monoisotopic (exact) mass is 600 g/mol. The first-order valence-electron chi connectivity index (χ1n) is 14.3. The second-order valence-electron chi connectivity index (χ2n) is 9.95. The van der Waals surface area contributed by atoms with Crippen molar-refractivity contribution < 1.29 is 28.6 Å². The van der Waals surface area contributed by atoms with Crippen LogP contribution < -0.4 is 15.4 Å². The highest BCUT2D eigenvalue weighted by Gasteiger charge is 2.22. The highest BCUT2D eigenvalue weighted by atomic mass is 16.5. The number of amidine groups is 1. The SMILES string of the molecule is CCCCOC(=O)/N=C(/N)c1ccc(OC(C)c2nc3cc(C(=O)N(CCC(=O)OC)c4ccccn4)ccc3n2C)cc1. The molecule has 1 atom stereocenters. The second kappa shape index (κ2) is 14.8. The molecule has 12 nitrogen and oxygen atoms in total.